The van der Waals surface area contributed by atoms with Crippen LogP contribution in [0.2, 0.25) is 0 Å². The molecular formula is C13H16FN3O2. The van der Waals surface area contributed by atoms with E-state index in [1.54, 1.807) is 6.92 Å². The van der Waals surface area contributed by atoms with E-state index >= 15 is 0 Å². The highest BCUT2D eigenvalue weighted by Crippen LogP contribution is 2.22. The Labute approximate surface area is 110 Å². The molecule has 1 unspecified atom stereocenters. The minimum absolute atomic E-state index is 0.0313. The van der Waals surface area contributed by atoms with Crippen molar-refractivity contribution in [2.24, 2.45) is 5.73 Å². The molecule has 102 valence electrons. The van der Waals surface area contributed by atoms with E-state index in [1.165, 1.54) is 12.1 Å². The molecule has 2 rings (SSSR count). The second kappa shape index (κ2) is 4.97. The zero-order valence-electron chi connectivity index (χ0n) is 10.6. The summed E-state index contributed by atoms with van der Waals surface area (Å²) in [5, 5.41) is 5.59. The normalized spacial score (nSPS) is 22.2. The fourth-order valence-corrected chi connectivity index (χ4v) is 2.12. The highest BCUT2D eigenvalue weighted by molar-refractivity contribution is 6.00. The first-order chi connectivity index (χ1) is 8.92. The first-order valence-corrected chi connectivity index (χ1v) is 6.08. The van der Waals surface area contributed by atoms with Gasteiger partial charge in [-0.3, -0.25) is 9.59 Å². The number of hydrogen-bond acceptors (Lipinski definition) is 3. The van der Waals surface area contributed by atoms with E-state index in [1.807, 2.05) is 0 Å². The molecule has 0 aromatic heterocycles. The van der Waals surface area contributed by atoms with E-state index in [0.29, 0.717) is 6.42 Å². The fourth-order valence-electron chi connectivity index (χ4n) is 2.12. The molecule has 1 atom stereocenters. The molecule has 5 nitrogen and oxygen atoms in total. The summed E-state index contributed by atoms with van der Waals surface area (Å²) in [7, 11) is 0. The third-order valence-electron chi connectivity index (χ3n) is 3.37. The molecule has 1 fully saturated rings. The Morgan fingerprint density at radius 3 is 2.79 bits per heavy atom. The lowest BCUT2D eigenvalue weighted by atomic mass is 9.99. The highest BCUT2D eigenvalue weighted by atomic mass is 19.1. The first-order valence-electron chi connectivity index (χ1n) is 6.08. The molecule has 0 saturated carbocycles. The number of halogens is 1. The number of hydrogen-bond donors (Lipinski definition) is 3. The van der Waals surface area contributed by atoms with E-state index in [-0.39, 0.29) is 17.2 Å². The fraction of sp³-hybridized carbons (Fsp3) is 0.385. The zero-order chi connectivity index (χ0) is 14.0. The van der Waals surface area contributed by atoms with E-state index in [0.717, 1.165) is 19.0 Å². The quantitative estimate of drug-likeness (QED) is 0.762. The molecule has 6 heteroatoms. The molecule has 0 spiro atoms. The van der Waals surface area contributed by atoms with Crippen LogP contribution >= 0.6 is 0 Å². The van der Waals surface area contributed by atoms with Crippen LogP contribution in [0.15, 0.2) is 18.2 Å². The van der Waals surface area contributed by atoms with Gasteiger partial charge in [0.05, 0.1) is 11.2 Å². The molecule has 4 N–H and O–H groups in total. The lowest BCUT2D eigenvalue weighted by Gasteiger charge is -2.23. The van der Waals surface area contributed by atoms with Crippen molar-refractivity contribution in [1.29, 1.82) is 0 Å². The maximum atomic E-state index is 13.6. The average Bonchev–Trinajstić information content (AvgIpc) is 2.80. The standard InChI is InChI=1S/C13H16FN3O2/c1-13(5-2-6-16-13)12(19)17-10-7-8(11(15)18)3-4-9(10)14/h3-4,7,16H,2,5-6H2,1H3,(H2,15,18)(H,17,19). The van der Waals surface area contributed by atoms with Crippen LogP contribution in [0.5, 0.6) is 0 Å². The number of rotatable bonds is 3. The molecule has 0 radical (unpaired) electrons. The van der Waals surface area contributed by atoms with Crippen molar-refractivity contribution in [2.75, 3.05) is 11.9 Å². The summed E-state index contributed by atoms with van der Waals surface area (Å²) in [6, 6.07) is 3.64. The van der Waals surface area contributed by atoms with Gasteiger partial charge in [-0.15, -0.1) is 0 Å². The van der Waals surface area contributed by atoms with Crippen LogP contribution in [-0.4, -0.2) is 23.9 Å². The van der Waals surface area contributed by atoms with Gasteiger partial charge in [-0.25, -0.2) is 4.39 Å². The Balaban J connectivity index is 2.20. The van der Waals surface area contributed by atoms with E-state index in [2.05, 4.69) is 10.6 Å². The van der Waals surface area contributed by atoms with Crippen molar-refractivity contribution in [3.05, 3.63) is 29.6 Å². The molecule has 1 aliphatic heterocycles. The van der Waals surface area contributed by atoms with Crippen LogP contribution in [0.1, 0.15) is 30.1 Å². The maximum Gasteiger partial charge on any atom is 0.248 e. The van der Waals surface area contributed by atoms with Gasteiger partial charge in [0, 0.05) is 5.56 Å². The Hall–Kier alpha value is -1.95. The smallest absolute Gasteiger partial charge is 0.248 e. The van der Waals surface area contributed by atoms with Crippen molar-refractivity contribution < 1.29 is 14.0 Å². The van der Waals surface area contributed by atoms with Gasteiger partial charge in [-0.05, 0) is 44.5 Å². The SMILES string of the molecule is CC1(C(=O)Nc2cc(C(N)=O)ccc2F)CCCN1. The summed E-state index contributed by atoms with van der Waals surface area (Å²) in [5.41, 5.74) is 4.55. The number of benzene rings is 1. The monoisotopic (exact) mass is 265 g/mol. The molecule has 0 bridgehead atoms. The summed E-state index contributed by atoms with van der Waals surface area (Å²) in [6.07, 6.45) is 1.59. The van der Waals surface area contributed by atoms with Crippen LogP contribution in [0.3, 0.4) is 0 Å². The zero-order valence-corrected chi connectivity index (χ0v) is 10.6. The van der Waals surface area contributed by atoms with Crippen LogP contribution in [0, 0.1) is 5.82 Å². The second-order valence-electron chi connectivity index (χ2n) is 4.88. The topological polar surface area (TPSA) is 84.2 Å². The van der Waals surface area contributed by atoms with Gasteiger partial charge in [-0.2, -0.15) is 0 Å². The molecule has 1 aliphatic rings. The Morgan fingerprint density at radius 2 is 2.21 bits per heavy atom. The number of nitrogens with two attached hydrogens (primary N) is 1. The molecule has 1 saturated heterocycles. The molecule has 1 aromatic carbocycles. The van der Waals surface area contributed by atoms with E-state index < -0.39 is 17.3 Å². The first kappa shape index (κ1) is 13.5. The minimum Gasteiger partial charge on any atom is -0.366 e. The molecule has 1 heterocycles. The summed E-state index contributed by atoms with van der Waals surface area (Å²) in [5.74, 6) is -1.58. The third kappa shape index (κ3) is 2.73. The highest BCUT2D eigenvalue weighted by Gasteiger charge is 2.36. The lowest BCUT2D eigenvalue weighted by molar-refractivity contribution is -0.121. The third-order valence-corrected chi connectivity index (χ3v) is 3.37. The van der Waals surface area contributed by atoms with Gasteiger partial charge in [0.2, 0.25) is 11.8 Å². The van der Waals surface area contributed by atoms with E-state index in [9.17, 15) is 14.0 Å². The summed E-state index contributed by atoms with van der Waals surface area (Å²) in [4.78, 5) is 23.2. The van der Waals surface area contributed by atoms with Gasteiger partial charge < -0.3 is 16.4 Å². The Kier molecular flexibility index (Phi) is 3.53. The average molecular weight is 265 g/mol. The Bertz CT molecular complexity index is 525. The molecule has 2 amide bonds. The van der Waals surface area contributed by atoms with Crippen LogP contribution in [0.25, 0.3) is 0 Å². The number of primary amides is 1. The van der Waals surface area contributed by atoms with Gasteiger partial charge in [0.15, 0.2) is 0 Å². The molecule has 1 aromatic rings. The number of nitrogens with one attached hydrogen (secondary N) is 2. The van der Waals surface area contributed by atoms with Crippen molar-refractivity contribution in [1.82, 2.24) is 5.32 Å². The number of carbonyl (C=O) groups excluding carboxylic acids is 2. The lowest BCUT2D eigenvalue weighted by Crippen LogP contribution is -2.48. The van der Waals surface area contributed by atoms with Gasteiger partial charge in [0.25, 0.3) is 0 Å². The van der Waals surface area contributed by atoms with Gasteiger partial charge in [-0.1, -0.05) is 0 Å². The van der Waals surface area contributed by atoms with Gasteiger partial charge in [0.1, 0.15) is 5.82 Å². The van der Waals surface area contributed by atoms with Crippen molar-refractivity contribution in [3.8, 4) is 0 Å². The summed E-state index contributed by atoms with van der Waals surface area (Å²) in [6.45, 7) is 2.53. The molecule has 0 aliphatic carbocycles. The molecular weight excluding hydrogens is 249 g/mol. The van der Waals surface area contributed by atoms with Gasteiger partial charge >= 0.3 is 0 Å². The van der Waals surface area contributed by atoms with Crippen LogP contribution < -0.4 is 16.4 Å². The van der Waals surface area contributed by atoms with Crippen molar-refractivity contribution in [2.45, 2.75) is 25.3 Å². The predicted molar refractivity (Wildman–Crippen MR) is 69.2 cm³/mol. The largest absolute Gasteiger partial charge is 0.366 e. The minimum atomic E-state index is -0.699. The van der Waals surface area contributed by atoms with Crippen molar-refractivity contribution >= 4 is 17.5 Å². The predicted octanol–water partition coefficient (Wildman–Crippen LogP) is 1.01. The summed E-state index contributed by atoms with van der Waals surface area (Å²) < 4.78 is 13.6. The second-order valence-corrected chi connectivity index (χ2v) is 4.88. The van der Waals surface area contributed by atoms with Crippen LogP contribution in [0.4, 0.5) is 10.1 Å². The van der Waals surface area contributed by atoms with Crippen molar-refractivity contribution in [3.63, 3.8) is 0 Å². The number of carbonyl (C=O) groups is 2. The Morgan fingerprint density at radius 1 is 1.47 bits per heavy atom. The number of anilines is 1. The maximum absolute atomic E-state index is 13.6. The number of amides is 2. The van der Waals surface area contributed by atoms with Crippen LogP contribution in [-0.2, 0) is 4.79 Å². The molecule has 19 heavy (non-hydrogen) atoms. The van der Waals surface area contributed by atoms with E-state index in [4.69, 9.17) is 5.73 Å². The summed E-state index contributed by atoms with van der Waals surface area (Å²) >= 11 is 0.